The molecule has 0 aromatic carbocycles. The molecule has 0 aromatic rings. The molecule has 6 rings (SSSR count). The van der Waals surface area contributed by atoms with Gasteiger partial charge in [-0.1, -0.05) is 0 Å². The third-order valence-electron chi connectivity index (χ3n) is 16.1. The molecule has 8 nitrogen and oxygen atoms in total. The van der Waals surface area contributed by atoms with E-state index in [0.29, 0.717) is 0 Å². The Hall–Kier alpha value is 1.85. The molecule has 0 bridgehead atoms. The normalized spacial score (nSPS) is 35.8. The third-order valence-corrected chi connectivity index (χ3v) is 275. The molecule has 46 heavy (non-hydrogen) atoms. The number of rotatable bonds is 9. The monoisotopic (exact) mass is 812 g/mol. The van der Waals surface area contributed by atoms with Crippen LogP contribution >= 0.6 is 0 Å². The molecular formula is C28H72N2O6Si10. The molecule has 6 fully saturated rings. The first-order chi connectivity index (χ1) is 20.7. The van der Waals surface area contributed by atoms with Gasteiger partial charge in [0, 0.05) is 0 Å². The molecule has 0 atom stereocenters. The van der Waals surface area contributed by atoms with E-state index >= 15 is 0 Å². The molecular weight excluding hydrogens is 741 g/mol. The summed E-state index contributed by atoms with van der Waals surface area (Å²) in [4.78, 5) is 0. The van der Waals surface area contributed by atoms with E-state index in [-0.39, 0.29) is 0 Å². The van der Waals surface area contributed by atoms with Gasteiger partial charge in [-0.05, 0) is 0 Å². The molecule has 6 aliphatic rings. The average Bonchev–Trinajstić information content (AvgIpc) is 3.55. The van der Waals surface area contributed by atoms with Gasteiger partial charge < -0.3 is 0 Å². The van der Waals surface area contributed by atoms with Crippen LogP contribution in [0, 0.1) is 0 Å². The van der Waals surface area contributed by atoms with Crippen LogP contribution < -0.4 is 0 Å². The molecule has 0 N–H and O–H groups in total. The van der Waals surface area contributed by atoms with Crippen molar-refractivity contribution in [1.82, 2.24) is 0 Å². The fourth-order valence-corrected chi connectivity index (χ4v) is 470. The average molecular weight is 814 g/mol. The summed E-state index contributed by atoms with van der Waals surface area (Å²) in [5.41, 5.74) is 0. The Bertz CT molecular complexity index is 1110. The van der Waals surface area contributed by atoms with Gasteiger partial charge >= 0.3 is 291 Å². The van der Waals surface area contributed by atoms with Crippen molar-refractivity contribution in [2.24, 2.45) is 0 Å². The summed E-state index contributed by atoms with van der Waals surface area (Å²) in [5.74, 6) is 0. The Morgan fingerprint density at radius 2 is 0.500 bits per heavy atom. The Kier molecular flexibility index (Phi) is 8.07. The van der Waals surface area contributed by atoms with E-state index in [9.17, 15) is 0 Å². The van der Waals surface area contributed by atoms with Gasteiger partial charge in [-0.3, -0.25) is 0 Å². The summed E-state index contributed by atoms with van der Waals surface area (Å²) in [6.07, 6.45) is -4.98. The maximum atomic E-state index is 7.77. The molecule has 0 aliphatic carbocycles. The second-order valence-corrected chi connectivity index (χ2v) is 133. The summed E-state index contributed by atoms with van der Waals surface area (Å²) >= 11 is 0. The minimum atomic E-state index is -3.92. The van der Waals surface area contributed by atoms with Gasteiger partial charge in [0.15, 0.2) is 0 Å². The molecule has 6 saturated heterocycles. The first-order valence-corrected chi connectivity index (χ1v) is 55.9. The standard InChI is InChI=1S/C28H72N2O6Si10/c1-37(2,3)43(38(4,5)6,45-29(17-23-31-45,18-24-32-45)19-25-33-45)41(13,14)42(15,16)44(39(7,8)9,40(10,11)12)46-30(20-26-34-46,21-27-35-46)22-28-36-46/h17-28H2,1-16H3. The number of hydrogen-bond acceptors (Lipinski definition) is 6. The summed E-state index contributed by atoms with van der Waals surface area (Å²) < 4.78 is 48.8. The molecule has 270 valence electrons. The van der Waals surface area contributed by atoms with Crippen LogP contribution in [0.4, 0.5) is 0 Å². The third kappa shape index (κ3) is 3.31. The molecule has 0 unspecified atom stereocenters. The zero-order chi connectivity index (χ0) is 34.6. The summed E-state index contributed by atoms with van der Waals surface area (Å²) in [7, 11) is -20.3. The number of quaternary nitrogens is 2. The van der Waals surface area contributed by atoms with Crippen molar-refractivity contribution >= 4 is 72.4 Å². The van der Waals surface area contributed by atoms with Crippen LogP contribution in [-0.4, -0.2) is 160 Å². The van der Waals surface area contributed by atoms with Crippen molar-refractivity contribution < 1.29 is 34.9 Å². The van der Waals surface area contributed by atoms with Gasteiger partial charge in [-0.2, -0.15) is 0 Å². The van der Waals surface area contributed by atoms with Crippen molar-refractivity contribution in [3.05, 3.63) is 0 Å². The summed E-state index contributed by atoms with van der Waals surface area (Å²) in [5, 5.41) is 0. The van der Waals surface area contributed by atoms with E-state index in [1.807, 2.05) is 0 Å². The van der Waals surface area contributed by atoms with Crippen molar-refractivity contribution in [3.63, 3.8) is 0 Å². The van der Waals surface area contributed by atoms with Crippen molar-refractivity contribution in [1.29, 1.82) is 0 Å². The second kappa shape index (κ2) is 9.88. The Labute approximate surface area is 289 Å². The summed E-state index contributed by atoms with van der Waals surface area (Å²) in [6.45, 7) is 57.2. The molecule has 6 heterocycles. The van der Waals surface area contributed by atoms with Gasteiger partial charge in [0.05, 0.1) is 0 Å². The summed E-state index contributed by atoms with van der Waals surface area (Å²) in [6, 6.07) is 0. The molecule has 0 spiro atoms. The quantitative estimate of drug-likeness (QED) is 0.308. The molecule has 0 aromatic heterocycles. The van der Waals surface area contributed by atoms with Crippen molar-refractivity contribution in [2.45, 2.75) is 105 Å². The zero-order valence-electron chi connectivity index (χ0n) is 32.8. The molecule has 0 amide bonds. The van der Waals surface area contributed by atoms with Crippen LogP contribution in [0.15, 0.2) is 0 Å². The number of nitrogens with zero attached hydrogens (tertiary/aromatic N) is 2. The first kappa shape index (κ1) is 37.6. The van der Waals surface area contributed by atoms with Crippen LogP contribution in [0.2, 0.25) is 105 Å². The Morgan fingerprint density at radius 1 is 0.326 bits per heavy atom. The predicted molar refractivity (Wildman–Crippen MR) is 217 cm³/mol. The van der Waals surface area contributed by atoms with Gasteiger partial charge in [-0.25, -0.2) is 0 Å². The van der Waals surface area contributed by atoms with Gasteiger partial charge in [-0.15, -0.1) is 0 Å². The van der Waals surface area contributed by atoms with E-state index in [0.717, 1.165) is 87.2 Å². The van der Waals surface area contributed by atoms with Crippen molar-refractivity contribution in [2.75, 3.05) is 78.9 Å². The SMILES string of the molecule is C[Si](C)(C)[Si]([Si](C)(C)C)([Si](C)(C)[Si](C)(C)[Si]([Si](C)(C)C)([Si](C)(C)C)[Si-]123OCC[N+]1(CCO2)CCO3)[Si-]123OCC[N+]1(CCO2)CCO3. The topological polar surface area (TPSA) is 55.4 Å². The van der Waals surface area contributed by atoms with E-state index < -0.39 is 72.4 Å². The minimum absolute atomic E-state index is 0.838. The van der Waals surface area contributed by atoms with Crippen LogP contribution in [0.5, 0.6) is 0 Å². The molecule has 18 heteroatoms. The Balaban J connectivity index is 1.82. The second-order valence-electron chi connectivity index (χ2n) is 21.4. The molecule has 0 saturated carbocycles. The van der Waals surface area contributed by atoms with Crippen LogP contribution in [-0.2, 0) is 26.6 Å². The molecule has 0 radical (unpaired) electrons. The van der Waals surface area contributed by atoms with E-state index in [1.165, 1.54) is 0 Å². The van der Waals surface area contributed by atoms with Crippen molar-refractivity contribution in [3.8, 4) is 0 Å². The molecule has 6 aliphatic heterocycles. The van der Waals surface area contributed by atoms with Gasteiger partial charge in [0.2, 0.25) is 0 Å². The van der Waals surface area contributed by atoms with Crippen LogP contribution in [0.25, 0.3) is 0 Å². The first-order valence-electron chi connectivity index (χ1n) is 18.6. The fraction of sp³-hybridized carbons (Fsp3) is 1.00. The predicted octanol–water partition coefficient (Wildman–Crippen LogP) is 4.95. The number of hydrogen-bond donors (Lipinski definition) is 0. The van der Waals surface area contributed by atoms with Gasteiger partial charge in [0.1, 0.15) is 0 Å². The van der Waals surface area contributed by atoms with E-state index in [1.54, 1.807) is 0 Å². The van der Waals surface area contributed by atoms with E-state index in [4.69, 9.17) is 26.6 Å². The van der Waals surface area contributed by atoms with E-state index in [2.05, 4.69) is 105 Å². The Morgan fingerprint density at radius 3 is 0.652 bits per heavy atom. The van der Waals surface area contributed by atoms with Gasteiger partial charge in [0.25, 0.3) is 0 Å². The zero-order valence-corrected chi connectivity index (χ0v) is 42.8. The van der Waals surface area contributed by atoms with Crippen LogP contribution in [0.3, 0.4) is 0 Å². The van der Waals surface area contributed by atoms with Crippen LogP contribution in [0.1, 0.15) is 0 Å². The maximum absolute atomic E-state index is 7.77. The fourth-order valence-electron chi connectivity index (χ4n) is 17.2.